The number of hydrogen-bond acceptors (Lipinski definition) is 4. The first kappa shape index (κ1) is 31.7. The fraction of sp³-hybridized carbons (Fsp3) is 0.250. The minimum atomic E-state index is -4.96. The molecule has 43 heavy (non-hydrogen) atoms. The van der Waals surface area contributed by atoms with Gasteiger partial charge in [-0.2, -0.15) is 26.3 Å². The first-order valence-corrected chi connectivity index (χ1v) is 13.4. The summed E-state index contributed by atoms with van der Waals surface area (Å²) in [7, 11) is 0. The number of halogens is 6. The summed E-state index contributed by atoms with van der Waals surface area (Å²) in [6, 6.07) is 24.8. The van der Waals surface area contributed by atoms with Gasteiger partial charge in [-0.05, 0) is 47.0 Å². The quantitative estimate of drug-likeness (QED) is 0.177. The Bertz CT molecular complexity index is 1380. The Kier molecular flexibility index (Phi) is 10.5. The number of carbonyl (C=O) groups is 1. The molecule has 0 saturated heterocycles. The molecule has 1 unspecified atom stereocenters. The fourth-order valence-electron chi connectivity index (χ4n) is 4.64. The third kappa shape index (κ3) is 9.39. The number of carbonyl (C=O) groups excluding carboxylic acids is 1. The van der Waals surface area contributed by atoms with Gasteiger partial charge in [-0.15, -0.1) is 0 Å². The molecule has 1 atom stereocenters. The van der Waals surface area contributed by atoms with E-state index in [1.54, 1.807) is 24.4 Å². The maximum Gasteiger partial charge on any atom is 0.416 e. The second kappa shape index (κ2) is 14.3. The lowest BCUT2D eigenvalue weighted by Gasteiger charge is -2.29. The molecule has 1 heterocycles. The molecule has 0 spiro atoms. The van der Waals surface area contributed by atoms with Crippen LogP contribution in [0.3, 0.4) is 0 Å². The van der Waals surface area contributed by atoms with Gasteiger partial charge in [0.15, 0.2) is 0 Å². The fourth-order valence-corrected chi connectivity index (χ4v) is 4.64. The van der Waals surface area contributed by atoms with Crippen LogP contribution in [0.1, 0.15) is 39.4 Å². The molecule has 0 aliphatic rings. The average Bonchev–Trinajstić information content (AvgIpc) is 2.99. The summed E-state index contributed by atoms with van der Waals surface area (Å²) < 4.78 is 85.9. The number of ether oxygens (including phenoxy) is 1. The van der Waals surface area contributed by atoms with Crippen molar-refractivity contribution in [3.05, 3.63) is 137 Å². The van der Waals surface area contributed by atoms with Crippen molar-refractivity contribution >= 4 is 5.91 Å². The molecule has 0 bridgehead atoms. The highest BCUT2D eigenvalue weighted by Gasteiger charge is 2.37. The number of benzene rings is 3. The number of rotatable bonds is 12. The van der Waals surface area contributed by atoms with E-state index >= 15 is 0 Å². The summed E-state index contributed by atoms with van der Waals surface area (Å²) in [4.78, 5) is 16.9. The van der Waals surface area contributed by atoms with E-state index in [0.29, 0.717) is 17.8 Å². The zero-order chi connectivity index (χ0) is 30.9. The van der Waals surface area contributed by atoms with Crippen molar-refractivity contribution in [1.82, 2.24) is 15.6 Å². The third-order valence-corrected chi connectivity index (χ3v) is 6.65. The molecule has 2 N–H and O–H groups in total. The summed E-state index contributed by atoms with van der Waals surface area (Å²) >= 11 is 0. The number of hydrogen-bond donors (Lipinski definition) is 2. The highest BCUT2D eigenvalue weighted by Crippen LogP contribution is 2.36. The van der Waals surface area contributed by atoms with Gasteiger partial charge in [-0.1, -0.05) is 66.7 Å². The molecule has 226 valence electrons. The summed E-state index contributed by atoms with van der Waals surface area (Å²) in [5.41, 5.74) is -0.672. The largest absolute Gasteiger partial charge is 0.416 e. The van der Waals surface area contributed by atoms with Crippen LogP contribution in [0, 0.1) is 0 Å². The molecule has 1 aromatic heterocycles. The van der Waals surface area contributed by atoms with Crippen molar-refractivity contribution in [2.75, 3.05) is 13.2 Å². The Balaban J connectivity index is 1.55. The van der Waals surface area contributed by atoms with Crippen molar-refractivity contribution in [2.45, 2.75) is 37.5 Å². The topological polar surface area (TPSA) is 63.2 Å². The lowest BCUT2D eigenvalue weighted by Crippen LogP contribution is -2.44. The molecule has 0 aliphatic carbocycles. The lowest BCUT2D eigenvalue weighted by molar-refractivity contribution is -0.143. The summed E-state index contributed by atoms with van der Waals surface area (Å²) in [5, 5.41) is 5.97. The van der Waals surface area contributed by atoms with Crippen LogP contribution in [-0.4, -0.2) is 30.1 Å². The number of amides is 1. The van der Waals surface area contributed by atoms with Crippen LogP contribution in [0.4, 0.5) is 26.3 Å². The maximum atomic E-state index is 13.4. The second-order valence-electron chi connectivity index (χ2n) is 9.81. The van der Waals surface area contributed by atoms with Gasteiger partial charge in [0.1, 0.15) is 0 Å². The Hall–Kier alpha value is -4.22. The number of nitrogens with one attached hydrogen (secondary N) is 2. The molecule has 4 rings (SSSR count). The van der Waals surface area contributed by atoms with Crippen molar-refractivity contribution in [1.29, 1.82) is 0 Å². The summed E-state index contributed by atoms with van der Waals surface area (Å²) in [6.45, 7) is -0.549. The van der Waals surface area contributed by atoms with Crippen molar-refractivity contribution in [3.63, 3.8) is 0 Å². The first-order chi connectivity index (χ1) is 20.5. The van der Waals surface area contributed by atoms with Crippen molar-refractivity contribution in [2.24, 2.45) is 0 Å². The number of aromatic nitrogens is 1. The van der Waals surface area contributed by atoms with Crippen molar-refractivity contribution < 1.29 is 35.9 Å². The van der Waals surface area contributed by atoms with Gasteiger partial charge in [-0.3, -0.25) is 9.78 Å². The van der Waals surface area contributed by atoms with Gasteiger partial charge in [0, 0.05) is 18.2 Å². The number of pyridine rings is 1. The molecule has 0 aliphatic heterocycles. The smallest absolute Gasteiger partial charge is 0.375 e. The van der Waals surface area contributed by atoms with Crippen molar-refractivity contribution in [3.8, 4) is 0 Å². The molecule has 0 fully saturated rings. The minimum absolute atomic E-state index is 0.0816. The lowest BCUT2D eigenvalue weighted by atomic mass is 9.85. The number of alkyl halides is 6. The van der Waals surface area contributed by atoms with Crippen LogP contribution in [0.15, 0.2) is 103 Å². The predicted molar refractivity (Wildman–Crippen MR) is 149 cm³/mol. The van der Waals surface area contributed by atoms with Gasteiger partial charge in [-0.25, -0.2) is 0 Å². The van der Waals surface area contributed by atoms with E-state index in [4.69, 9.17) is 4.74 Å². The molecule has 4 aromatic rings. The van der Waals surface area contributed by atoms with Crippen LogP contribution < -0.4 is 10.6 Å². The van der Waals surface area contributed by atoms with E-state index in [1.165, 1.54) is 0 Å². The molecule has 11 heteroatoms. The zero-order valence-electron chi connectivity index (χ0n) is 22.8. The summed E-state index contributed by atoms with van der Waals surface area (Å²) in [6.07, 6.45) is -8.32. The Morgan fingerprint density at radius 1 is 0.767 bits per heavy atom. The standard InChI is InChI=1S/C32H29F6N3O2/c33-31(34,35)25-15-22(16-26(17-25)32(36,37)38)20-43-21-28(40-19-29(42)41-18-27-13-7-8-14-39-27)30(23-9-3-1-4-10-23)24-11-5-2-6-12-24/h1-17,28,30,40H,18-21H2,(H,41,42). The van der Waals surface area contributed by atoms with Crippen LogP contribution in [-0.2, 0) is 35.0 Å². The highest BCUT2D eigenvalue weighted by molar-refractivity contribution is 5.78. The normalized spacial score (nSPS) is 12.7. The van der Waals surface area contributed by atoms with Crippen LogP contribution >= 0.6 is 0 Å². The Morgan fingerprint density at radius 2 is 1.33 bits per heavy atom. The monoisotopic (exact) mass is 601 g/mol. The van der Waals surface area contributed by atoms with E-state index in [9.17, 15) is 31.1 Å². The van der Waals surface area contributed by atoms with Gasteiger partial charge in [0.25, 0.3) is 0 Å². The van der Waals surface area contributed by atoms with Crippen LogP contribution in [0.25, 0.3) is 0 Å². The van der Waals surface area contributed by atoms with E-state index in [2.05, 4.69) is 15.6 Å². The number of nitrogens with zero attached hydrogens (tertiary/aromatic N) is 1. The average molecular weight is 602 g/mol. The SMILES string of the molecule is O=C(CNC(COCc1cc(C(F)(F)F)cc(C(F)(F)F)c1)C(c1ccccc1)c1ccccc1)NCc1ccccn1. The third-order valence-electron chi connectivity index (χ3n) is 6.65. The Morgan fingerprint density at radius 3 is 1.84 bits per heavy atom. The van der Waals surface area contributed by atoms with Gasteiger partial charge in [0.2, 0.25) is 5.91 Å². The van der Waals surface area contributed by atoms with Gasteiger partial charge in [0.05, 0.1) is 43.1 Å². The van der Waals surface area contributed by atoms with Gasteiger partial charge >= 0.3 is 12.4 Å². The predicted octanol–water partition coefficient (Wildman–Crippen LogP) is 6.74. The highest BCUT2D eigenvalue weighted by atomic mass is 19.4. The first-order valence-electron chi connectivity index (χ1n) is 13.4. The molecule has 3 aromatic carbocycles. The molecule has 1 amide bonds. The van der Waals surface area contributed by atoms with Gasteiger partial charge < -0.3 is 15.4 Å². The maximum absolute atomic E-state index is 13.4. The molecular weight excluding hydrogens is 572 g/mol. The molecule has 0 saturated carbocycles. The van der Waals surface area contributed by atoms with E-state index < -0.39 is 36.1 Å². The zero-order valence-corrected chi connectivity index (χ0v) is 22.8. The molecular formula is C32H29F6N3O2. The second-order valence-corrected chi connectivity index (χ2v) is 9.81. The van der Waals surface area contributed by atoms with E-state index in [1.807, 2.05) is 60.7 Å². The van der Waals surface area contributed by atoms with Crippen LogP contribution in [0.5, 0.6) is 0 Å². The minimum Gasteiger partial charge on any atom is -0.375 e. The van der Waals surface area contributed by atoms with E-state index in [-0.39, 0.29) is 43.2 Å². The molecule has 0 radical (unpaired) electrons. The Labute approximate surface area is 244 Å². The summed E-state index contributed by atoms with van der Waals surface area (Å²) in [5.74, 6) is -0.693. The van der Waals surface area contributed by atoms with Crippen LogP contribution in [0.2, 0.25) is 0 Å². The van der Waals surface area contributed by atoms with E-state index in [0.717, 1.165) is 11.1 Å². The molecule has 5 nitrogen and oxygen atoms in total.